The maximum Gasteiger partial charge on any atom is 0.401 e. The van der Waals surface area contributed by atoms with Crippen LogP contribution in [0.5, 0.6) is 0 Å². The number of hydrogen-bond donors (Lipinski definition) is 1. The Morgan fingerprint density at radius 3 is 2.65 bits per heavy atom. The van der Waals surface area contributed by atoms with Crippen molar-refractivity contribution in [1.29, 1.82) is 0 Å². The summed E-state index contributed by atoms with van der Waals surface area (Å²) in [5.41, 5.74) is 0. The molecule has 0 radical (unpaired) electrons. The minimum Gasteiger partial charge on any atom is -0.308 e. The van der Waals surface area contributed by atoms with Gasteiger partial charge in [-0.15, -0.1) is 11.8 Å². The van der Waals surface area contributed by atoms with Crippen molar-refractivity contribution in [1.82, 2.24) is 5.32 Å². The molecule has 0 fully saturated rings. The molecule has 0 aliphatic heterocycles. The summed E-state index contributed by atoms with van der Waals surface area (Å²) in [6.45, 7) is 1.01. The van der Waals surface area contributed by atoms with Crippen LogP contribution in [0, 0.1) is 5.82 Å². The van der Waals surface area contributed by atoms with Gasteiger partial charge in [0.25, 0.3) is 0 Å². The molecule has 6 heteroatoms. The lowest BCUT2D eigenvalue weighted by Gasteiger charge is -2.13. The Hall–Kier alpha value is -0.750. The first-order chi connectivity index (χ1) is 7.87. The van der Waals surface area contributed by atoms with E-state index in [1.165, 1.54) is 23.9 Å². The first-order valence-corrected chi connectivity index (χ1v) is 5.94. The predicted octanol–water partition coefficient (Wildman–Crippen LogP) is 3.46. The molecule has 0 bridgehead atoms. The fraction of sp³-hybridized carbons (Fsp3) is 0.455. The third-order valence-electron chi connectivity index (χ3n) is 1.89. The van der Waals surface area contributed by atoms with Gasteiger partial charge in [-0.3, -0.25) is 0 Å². The van der Waals surface area contributed by atoms with Gasteiger partial charge in [0.1, 0.15) is 5.82 Å². The van der Waals surface area contributed by atoms with E-state index in [0.29, 0.717) is 4.90 Å². The van der Waals surface area contributed by atoms with Crippen molar-refractivity contribution in [2.24, 2.45) is 0 Å². The number of nitrogens with one attached hydrogen (secondary N) is 1. The standard InChI is InChI=1S/C11H13F4NS/c1-8(6-16-7-11(13,14)15)17-10-4-2-3-9(12)5-10/h2-5,8,16H,6-7H2,1H3. The van der Waals surface area contributed by atoms with Crippen LogP contribution in [-0.2, 0) is 0 Å². The average Bonchev–Trinajstić information content (AvgIpc) is 2.15. The lowest BCUT2D eigenvalue weighted by atomic mass is 10.3. The quantitative estimate of drug-likeness (QED) is 0.647. The molecule has 0 heterocycles. The Bertz CT molecular complexity index is 354. The van der Waals surface area contributed by atoms with Crippen LogP contribution in [0.4, 0.5) is 17.6 Å². The molecule has 0 aliphatic carbocycles. The summed E-state index contributed by atoms with van der Waals surface area (Å²) in [5, 5.41) is 2.26. The van der Waals surface area contributed by atoms with E-state index in [4.69, 9.17) is 0 Å². The highest BCUT2D eigenvalue weighted by Crippen LogP contribution is 2.23. The van der Waals surface area contributed by atoms with Crippen molar-refractivity contribution in [2.45, 2.75) is 23.2 Å². The van der Waals surface area contributed by atoms with E-state index in [9.17, 15) is 17.6 Å². The van der Waals surface area contributed by atoms with Gasteiger partial charge in [0.2, 0.25) is 0 Å². The summed E-state index contributed by atoms with van der Waals surface area (Å²) in [4.78, 5) is 0.714. The molecule has 0 saturated carbocycles. The number of hydrogen-bond acceptors (Lipinski definition) is 2. The molecule has 1 N–H and O–H groups in total. The Morgan fingerprint density at radius 1 is 1.35 bits per heavy atom. The van der Waals surface area contributed by atoms with Crippen LogP contribution in [0.2, 0.25) is 0 Å². The summed E-state index contributed by atoms with van der Waals surface area (Å²) < 4.78 is 48.4. The highest BCUT2D eigenvalue weighted by molar-refractivity contribution is 8.00. The summed E-state index contributed by atoms with van der Waals surface area (Å²) >= 11 is 1.34. The molecule has 0 aromatic heterocycles. The Kier molecular flexibility index (Phi) is 5.27. The number of rotatable bonds is 5. The van der Waals surface area contributed by atoms with Crippen molar-refractivity contribution >= 4 is 11.8 Å². The van der Waals surface area contributed by atoms with E-state index >= 15 is 0 Å². The molecule has 17 heavy (non-hydrogen) atoms. The molecule has 96 valence electrons. The molecule has 0 saturated heterocycles. The number of alkyl halides is 3. The second-order valence-electron chi connectivity index (χ2n) is 3.63. The van der Waals surface area contributed by atoms with Gasteiger partial charge in [0, 0.05) is 16.7 Å². The van der Waals surface area contributed by atoms with Gasteiger partial charge in [-0.1, -0.05) is 13.0 Å². The van der Waals surface area contributed by atoms with E-state index in [1.807, 2.05) is 0 Å². The SMILES string of the molecule is CC(CNCC(F)(F)F)Sc1cccc(F)c1. The maximum atomic E-state index is 12.8. The normalized spacial score (nSPS) is 13.7. The smallest absolute Gasteiger partial charge is 0.308 e. The number of benzene rings is 1. The molecule has 0 spiro atoms. The Labute approximate surface area is 102 Å². The zero-order valence-electron chi connectivity index (χ0n) is 9.22. The zero-order chi connectivity index (χ0) is 12.9. The van der Waals surface area contributed by atoms with Gasteiger partial charge in [-0.05, 0) is 18.2 Å². The molecule has 0 aliphatic rings. The first kappa shape index (κ1) is 14.3. The number of halogens is 4. The molecule has 0 amide bonds. The summed E-state index contributed by atoms with van der Waals surface area (Å²) in [7, 11) is 0. The summed E-state index contributed by atoms with van der Waals surface area (Å²) in [6, 6.07) is 6.00. The first-order valence-electron chi connectivity index (χ1n) is 5.06. The van der Waals surface area contributed by atoms with E-state index in [2.05, 4.69) is 5.32 Å². The molecular weight excluding hydrogens is 254 g/mol. The van der Waals surface area contributed by atoms with Crippen LogP contribution in [0.3, 0.4) is 0 Å². The van der Waals surface area contributed by atoms with Crippen LogP contribution in [0.15, 0.2) is 29.2 Å². The highest BCUT2D eigenvalue weighted by atomic mass is 32.2. The third-order valence-corrected chi connectivity index (χ3v) is 2.99. The molecule has 1 nitrogen and oxygen atoms in total. The van der Waals surface area contributed by atoms with E-state index in [1.54, 1.807) is 19.1 Å². The van der Waals surface area contributed by atoms with Crippen LogP contribution < -0.4 is 5.32 Å². The van der Waals surface area contributed by atoms with E-state index < -0.39 is 12.7 Å². The fourth-order valence-corrected chi connectivity index (χ4v) is 2.24. The van der Waals surface area contributed by atoms with Gasteiger partial charge in [0.15, 0.2) is 0 Å². The number of thioether (sulfide) groups is 1. The van der Waals surface area contributed by atoms with Gasteiger partial charge in [-0.25, -0.2) is 4.39 Å². The third kappa shape index (κ3) is 6.53. The summed E-state index contributed by atoms with van der Waals surface area (Å²) in [6.07, 6.45) is -4.19. The van der Waals surface area contributed by atoms with E-state index in [0.717, 1.165) is 0 Å². The minimum atomic E-state index is -4.19. The monoisotopic (exact) mass is 267 g/mol. The minimum absolute atomic E-state index is 0.0563. The Morgan fingerprint density at radius 2 is 2.06 bits per heavy atom. The van der Waals surface area contributed by atoms with Crippen molar-refractivity contribution in [3.8, 4) is 0 Å². The van der Waals surface area contributed by atoms with Gasteiger partial charge >= 0.3 is 6.18 Å². The largest absolute Gasteiger partial charge is 0.401 e. The highest BCUT2D eigenvalue weighted by Gasteiger charge is 2.26. The fourth-order valence-electron chi connectivity index (χ4n) is 1.23. The topological polar surface area (TPSA) is 12.0 Å². The second kappa shape index (κ2) is 6.26. The van der Waals surface area contributed by atoms with Gasteiger partial charge < -0.3 is 5.32 Å². The molecule has 1 aromatic carbocycles. The maximum absolute atomic E-state index is 12.8. The lowest BCUT2D eigenvalue weighted by Crippen LogP contribution is -2.32. The van der Waals surface area contributed by atoms with Crippen LogP contribution in [-0.4, -0.2) is 24.5 Å². The average molecular weight is 267 g/mol. The predicted molar refractivity (Wildman–Crippen MR) is 60.6 cm³/mol. The zero-order valence-corrected chi connectivity index (χ0v) is 10.0. The van der Waals surface area contributed by atoms with Crippen molar-refractivity contribution in [3.05, 3.63) is 30.1 Å². The van der Waals surface area contributed by atoms with Gasteiger partial charge in [-0.2, -0.15) is 13.2 Å². The Balaban J connectivity index is 2.32. The molecule has 1 aromatic rings. The van der Waals surface area contributed by atoms with Crippen molar-refractivity contribution in [2.75, 3.05) is 13.1 Å². The molecule has 1 rings (SSSR count). The van der Waals surface area contributed by atoms with Crippen LogP contribution in [0.25, 0.3) is 0 Å². The van der Waals surface area contributed by atoms with Crippen LogP contribution in [0.1, 0.15) is 6.92 Å². The lowest BCUT2D eigenvalue weighted by molar-refractivity contribution is -0.124. The molecule has 1 unspecified atom stereocenters. The van der Waals surface area contributed by atoms with E-state index in [-0.39, 0.29) is 17.6 Å². The van der Waals surface area contributed by atoms with Crippen LogP contribution >= 0.6 is 11.8 Å². The molecule has 1 atom stereocenters. The van der Waals surface area contributed by atoms with Crippen molar-refractivity contribution < 1.29 is 17.6 Å². The molecular formula is C11H13F4NS. The summed E-state index contributed by atoms with van der Waals surface area (Å²) in [5.74, 6) is -0.342. The van der Waals surface area contributed by atoms with Crippen molar-refractivity contribution in [3.63, 3.8) is 0 Å². The van der Waals surface area contributed by atoms with Gasteiger partial charge in [0.05, 0.1) is 6.54 Å². The second-order valence-corrected chi connectivity index (χ2v) is 5.14.